The van der Waals surface area contributed by atoms with E-state index in [9.17, 15) is 15.0 Å². The van der Waals surface area contributed by atoms with Crippen LogP contribution in [0.15, 0.2) is 48.5 Å². The first-order chi connectivity index (χ1) is 12.1. The number of carboxylic acids is 1. The zero-order valence-corrected chi connectivity index (χ0v) is 13.6. The Bertz CT molecular complexity index is 1020. The molecule has 124 valence electrons. The Balaban J connectivity index is 1.97. The van der Waals surface area contributed by atoms with Crippen LogP contribution < -0.4 is 0 Å². The number of aromatic carboxylic acids is 1. The average Bonchev–Trinajstić information content (AvgIpc) is 2.60. The fourth-order valence-electron chi connectivity index (χ4n) is 3.54. The quantitative estimate of drug-likeness (QED) is 0.724. The Morgan fingerprint density at radius 3 is 2.72 bits per heavy atom. The maximum Gasteiger partial charge on any atom is 0.336 e. The van der Waals surface area contributed by atoms with Crippen molar-refractivity contribution in [2.45, 2.75) is 19.3 Å². The molecule has 1 aliphatic rings. The van der Waals surface area contributed by atoms with E-state index in [0.29, 0.717) is 22.9 Å². The van der Waals surface area contributed by atoms with E-state index in [1.807, 2.05) is 36.4 Å². The second-order valence-corrected chi connectivity index (χ2v) is 6.25. The molecule has 0 spiro atoms. The molecule has 4 nitrogen and oxygen atoms in total. The van der Waals surface area contributed by atoms with Crippen LogP contribution in [-0.4, -0.2) is 21.2 Å². The first-order valence-electron chi connectivity index (χ1n) is 8.28. The number of fused-ring (bicyclic) bond motifs is 2. The number of nitrogens with zero attached hydrogens (tertiary/aromatic N) is 1. The summed E-state index contributed by atoms with van der Waals surface area (Å²) in [7, 11) is 0. The summed E-state index contributed by atoms with van der Waals surface area (Å²) in [4.78, 5) is 16.7. The molecule has 0 bridgehead atoms. The van der Waals surface area contributed by atoms with Gasteiger partial charge in [0.2, 0.25) is 0 Å². The Morgan fingerprint density at radius 1 is 1.08 bits per heavy atom. The van der Waals surface area contributed by atoms with E-state index < -0.39 is 5.97 Å². The van der Waals surface area contributed by atoms with Gasteiger partial charge in [0.05, 0.1) is 16.8 Å². The van der Waals surface area contributed by atoms with Gasteiger partial charge in [-0.05, 0) is 60.2 Å². The van der Waals surface area contributed by atoms with Crippen LogP contribution in [0.5, 0.6) is 5.75 Å². The van der Waals surface area contributed by atoms with Gasteiger partial charge in [-0.3, -0.25) is 0 Å². The van der Waals surface area contributed by atoms with Crippen molar-refractivity contribution in [2.24, 2.45) is 0 Å². The van der Waals surface area contributed by atoms with Crippen LogP contribution in [0.25, 0.3) is 22.6 Å². The highest BCUT2D eigenvalue weighted by atomic mass is 16.4. The van der Waals surface area contributed by atoms with Gasteiger partial charge in [-0.2, -0.15) is 0 Å². The lowest BCUT2D eigenvalue weighted by molar-refractivity contribution is 0.0697. The highest BCUT2D eigenvalue weighted by Gasteiger charge is 2.24. The molecule has 2 aromatic carbocycles. The van der Waals surface area contributed by atoms with E-state index in [1.54, 1.807) is 18.2 Å². The van der Waals surface area contributed by atoms with Crippen LogP contribution in [0.1, 0.15) is 40.0 Å². The van der Waals surface area contributed by atoms with E-state index in [-0.39, 0.29) is 5.75 Å². The molecule has 1 heterocycles. The molecule has 0 saturated heterocycles. The standard InChI is InChI=1S/C21H17NO3/c23-15-7-3-5-13(12-15)11-14-6-4-9-17-19(21(24)25)16-8-1-2-10-18(16)22-20(14)17/h1-3,5,7-8,10-12,23H,4,6,9H2,(H,24,25). The molecule has 0 radical (unpaired) electrons. The molecule has 4 heteroatoms. The maximum absolute atomic E-state index is 11.9. The summed E-state index contributed by atoms with van der Waals surface area (Å²) in [5.41, 5.74) is 4.54. The Labute approximate surface area is 145 Å². The van der Waals surface area contributed by atoms with Crippen molar-refractivity contribution < 1.29 is 15.0 Å². The lowest BCUT2D eigenvalue weighted by atomic mass is 9.86. The number of para-hydroxylation sites is 1. The summed E-state index contributed by atoms with van der Waals surface area (Å²) in [6, 6.07) is 14.4. The molecule has 0 atom stereocenters. The second kappa shape index (κ2) is 6.06. The van der Waals surface area contributed by atoms with Gasteiger partial charge in [-0.15, -0.1) is 0 Å². The largest absolute Gasteiger partial charge is 0.508 e. The minimum absolute atomic E-state index is 0.211. The Kier molecular flexibility index (Phi) is 3.73. The molecule has 1 aliphatic carbocycles. The third kappa shape index (κ3) is 2.76. The van der Waals surface area contributed by atoms with Crippen molar-refractivity contribution in [3.05, 3.63) is 70.9 Å². The molecule has 0 saturated carbocycles. The topological polar surface area (TPSA) is 70.4 Å². The van der Waals surface area contributed by atoms with Gasteiger partial charge >= 0.3 is 5.97 Å². The predicted molar refractivity (Wildman–Crippen MR) is 97.6 cm³/mol. The Hall–Kier alpha value is -3.14. The fourth-order valence-corrected chi connectivity index (χ4v) is 3.54. The van der Waals surface area contributed by atoms with E-state index in [4.69, 9.17) is 4.98 Å². The summed E-state index contributed by atoms with van der Waals surface area (Å²) in [6.45, 7) is 0. The van der Waals surface area contributed by atoms with Crippen molar-refractivity contribution in [1.29, 1.82) is 0 Å². The van der Waals surface area contributed by atoms with E-state index in [2.05, 4.69) is 0 Å². The minimum Gasteiger partial charge on any atom is -0.508 e. The molecule has 4 rings (SSSR count). The van der Waals surface area contributed by atoms with Crippen LogP contribution in [0.4, 0.5) is 0 Å². The van der Waals surface area contributed by atoms with Crippen molar-refractivity contribution in [2.75, 3.05) is 0 Å². The highest BCUT2D eigenvalue weighted by molar-refractivity contribution is 6.05. The van der Waals surface area contributed by atoms with Gasteiger partial charge in [-0.25, -0.2) is 9.78 Å². The average molecular weight is 331 g/mol. The lowest BCUT2D eigenvalue weighted by Gasteiger charge is -2.21. The highest BCUT2D eigenvalue weighted by Crippen LogP contribution is 2.36. The molecule has 0 aliphatic heterocycles. The van der Waals surface area contributed by atoms with E-state index >= 15 is 0 Å². The Morgan fingerprint density at radius 2 is 1.92 bits per heavy atom. The van der Waals surface area contributed by atoms with Crippen LogP contribution in [-0.2, 0) is 6.42 Å². The number of carboxylic acid groups (broad SMARTS) is 1. The number of aromatic nitrogens is 1. The molecule has 2 N–H and O–H groups in total. The number of phenolic OH excluding ortho intramolecular Hbond substituents is 1. The van der Waals surface area contributed by atoms with Crippen LogP contribution in [0.3, 0.4) is 0 Å². The molecule has 3 aromatic rings. The smallest absolute Gasteiger partial charge is 0.336 e. The van der Waals surface area contributed by atoms with Crippen LogP contribution in [0.2, 0.25) is 0 Å². The van der Waals surface area contributed by atoms with Gasteiger partial charge in [-0.1, -0.05) is 30.3 Å². The number of hydrogen-bond acceptors (Lipinski definition) is 3. The third-order valence-electron chi connectivity index (χ3n) is 4.60. The summed E-state index contributed by atoms with van der Waals surface area (Å²) in [5.74, 6) is -0.698. The molecule has 25 heavy (non-hydrogen) atoms. The van der Waals surface area contributed by atoms with E-state index in [0.717, 1.165) is 35.2 Å². The third-order valence-corrected chi connectivity index (χ3v) is 4.60. The lowest BCUT2D eigenvalue weighted by Crippen LogP contribution is -2.13. The van der Waals surface area contributed by atoms with Crippen molar-refractivity contribution in [3.8, 4) is 5.75 Å². The number of pyridine rings is 1. The fraction of sp³-hybridized carbons (Fsp3) is 0.143. The number of hydrogen-bond donors (Lipinski definition) is 2. The van der Waals surface area contributed by atoms with Crippen molar-refractivity contribution >= 4 is 28.5 Å². The zero-order chi connectivity index (χ0) is 17.4. The van der Waals surface area contributed by atoms with Gasteiger partial charge in [0.1, 0.15) is 5.75 Å². The molecule has 1 aromatic heterocycles. The number of aromatic hydroxyl groups is 1. The monoisotopic (exact) mass is 331 g/mol. The van der Waals surface area contributed by atoms with Gasteiger partial charge in [0.25, 0.3) is 0 Å². The number of benzene rings is 2. The molecule has 0 fully saturated rings. The first kappa shape index (κ1) is 15.4. The van der Waals surface area contributed by atoms with Crippen molar-refractivity contribution in [3.63, 3.8) is 0 Å². The summed E-state index contributed by atoms with van der Waals surface area (Å²) in [5, 5.41) is 20.1. The second-order valence-electron chi connectivity index (χ2n) is 6.25. The maximum atomic E-state index is 11.9. The summed E-state index contributed by atoms with van der Waals surface area (Å²) >= 11 is 0. The normalized spacial score (nSPS) is 15.3. The predicted octanol–water partition coefficient (Wildman–Crippen LogP) is 4.52. The van der Waals surface area contributed by atoms with Crippen LogP contribution >= 0.6 is 0 Å². The SMILES string of the molecule is O=C(O)c1c2c(nc3ccccc13)C(=Cc1cccc(O)c1)CCC2. The zero-order valence-electron chi connectivity index (χ0n) is 13.6. The van der Waals surface area contributed by atoms with Gasteiger partial charge < -0.3 is 10.2 Å². The molecular formula is C21H17NO3. The number of allylic oxidation sites excluding steroid dienone is 1. The van der Waals surface area contributed by atoms with Crippen LogP contribution in [0, 0.1) is 0 Å². The summed E-state index contributed by atoms with van der Waals surface area (Å²) in [6.07, 6.45) is 4.43. The number of phenols is 1. The number of carbonyl (C=O) groups is 1. The number of rotatable bonds is 2. The van der Waals surface area contributed by atoms with Crippen molar-refractivity contribution in [1.82, 2.24) is 4.98 Å². The molecular weight excluding hydrogens is 314 g/mol. The first-order valence-corrected chi connectivity index (χ1v) is 8.28. The van der Waals surface area contributed by atoms with Gasteiger partial charge in [0.15, 0.2) is 0 Å². The summed E-state index contributed by atoms with van der Waals surface area (Å²) < 4.78 is 0. The van der Waals surface area contributed by atoms with E-state index in [1.165, 1.54) is 0 Å². The molecule has 0 unspecified atom stereocenters. The van der Waals surface area contributed by atoms with Gasteiger partial charge in [0, 0.05) is 5.39 Å². The minimum atomic E-state index is -0.909. The molecule has 0 amide bonds.